The molecule has 1 N–H and O–H groups in total. The first kappa shape index (κ1) is 20.7. The molecule has 8 heteroatoms. The Labute approximate surface area is 188 Å². The van der Waals surface area contributed by atoms with Crippen molar-refractivity contribution < 1.29 is 4.42 Å². The summed E-state index contributed by atoms with van der Waals surface area (Å²) in [4.78, 5) is 8.11. The molecule has 4 nitrogen and oxygen atoms in total. The lowest BCUT2D eigenvalue weighted by atomic mass is 10.3. The molecule has 0 saturated heterocycles. The Hall–Kier alpha value is -2.02. The first-order valence-electron chi connectivity index (χ1n) is 7.95. The molecule has 0 bridgehead atoms. The van der Waals surface area contributed by atoms with E-state index in [-0.39, 0.29) is 0 Å². The maximum atomic E-state index is 5.90. The van der Waals surface area contributed by atoms with Crippen molar-refractivity contribution in [2.24, 2.45) is 4.99 Å². The first-order valence-corrected chi connectivity index (χ1v) is 10.3. The molecule has 0 radical (unpaired) electrons. The van der Waals surface area contributed by atoms with Crippen LogP contribution in [0.4, 0.5) is 17.4 Å². The average Bonchev–Trinajstić information content (AvgIpc) is 3.07. The van der Waals surface area contributed by atoms with Crippen LogP contribution in [0.5, 0.6) is 0 Å². The highest BCUT2D eigenvalue weighted by molar-refractivity contribution is 9.10. The summed E-state index contributed by atoms with van der Waals surface area (Å²) in [5, 5.41) is 6.04. The van der Waals surface area contributed by atoms with E-state index in [0.717, 1.165) is 25.8 Å². The zero-order chi connectivity index (χ0) is 19.9. The van der Waals surface area contributed by atoms with Gasteiger partial charge in [-0.05, 0) is 78.9 Å². The molecule has 28 heavy (non-hydrogen) atoms. The summed E-state index contributed by atoms with van der Waals surface area (Å²) in [6, 6.07) is 21.1. The lowest BCUT2D eigenvalue weighted by Crippen LogP contribution is -1.89. The third-order valence-electron chi connectivity index (χ3n) is 3.45. The fraction of sp³-hybridized carbons (Fsp3) is 0. The number of nitrogens with zero attached hydrogens (tertiary/aromatic N) is 2. The molecule has 140 valence electrons. The molecule has 1 aromatic heterocycles. The number of aliphatic imine (C=N–C) groups is 1. The van der Waals surface area contributed by atoms with E-state index in [1.807, 2.05) is 48.5 Å². The van der Waals surface area contributed by atoms with Gasteiger partial charge in [-0.25, -0.2) is 0 Å². The topological polar surface area (TPSA) is 50.4 Å². The second-order valence-electron chi connectivity index (χ2n) is 5.44. The Bertz CT molecular complexity index is 1120. The molecular weight excluding hydrogens is 526 g/mol. The molecule has 0 aliphatic carbocycles. The first-order chi connectivity index (χ1) is 13.5. The molecule has 4 rings (SSSR count). The number of halogens is 3. The normalized spacial score (nSPS) is 9.96. The van der Waals surface area contributed by atoms with Crippen LogP contribution in [-0.4, -0.2) is 10.1 Å². The molecule has 0 saturated carbocycles. The summed E-state index contributed by atoms with van der Waals surface area (Å²) < 4.78 is 7.63. The zero-order valence-electron chi connectivity index (χ0n) is 14.2. The highest BCUT2D eigenvalue weighted by atomic mass is 79.9. The lowest BCUT2D eigenvalue weighted by molar-refractivity contribution is 0.623. The molecule has 0 spiro atoms. The minimum Gasteiger partial charge on any atom is -0.423 e. The Morgan fingerprint density at radius 2 is 1.61 bits per heavy atom. The Morgan fingerprint density at radius 1 is 0.964 bits per heavy atom. The Morgan fingerprint density at radius 3 is 2.25 bits per heavy atom. The van der Waals surface area contributed by atoms with Crippen molar-refractivity contribution in [1.29, 1.82) is 0 Å². The number of thiocarbonyl (C=S) groups is 1. The maximum Gasteiger partial charge on any atom is 0.300 e. The highest BCUT2D eigenvalue weighted by Gasteiger charge is 2.06. The van der Waals surface area contributed by atoms with E-state index < -0.39 is 0 Å². The van der Waals surface area contributed by atoms with Crippen LogP contribution in [0.25, 0.3) is 11.1 Å². The van der Waals surface area contributed by atoms with E-state index >= 15 is 0 Å². The number of fused-ring (bicyclic) bond motifs is 1. The van der Waals surface area contributed by atoms with Crippen molar-refractivity contribution in [1.82, 2.24) is 4.98 Å². The van der Waals surface area contributed by atoms with Crippen LogP contribution in [0, 0.1) is 0 Å². The predicted octanol–water partition coefficient (Wildman–Crippen LogP) is 8.17. The van der Waals surface area contributed by atoms with Crippen molar-refractivity contribution in [3.63, 3.8) is 0 Å². The maximum absolute atomic E-state index is 5.90. The number of rotatable bonds is 3. The molecule has 0 amide bonds. The van der Waals surface area contributed by atoms with Gasteiger partial charge in [-0.1, -0.05) is 43.5 Å². The smallest absolute Gasteiger partial charge is 0.300 e. The van der Waals surface area contributed by atoms with Gasteiger partial charge in [0.1, 0.15) is 5.52 Å². The molecule has 0 fully saturated rings. The Balaban J connectivity index is 0.000000192. The number of benzene rings is 3. The molecule has 0 aliphatic rings. The number of aromatic nitrogens is 1. The van der Waals surface area contributed by atoms with Gasteiger partial charge in [0, 0.05) is 19.7 Å². The third-order valence-corrected chi connectivity index (χ3v) is 4.83. The number of isothiocyanates is 1. The van der Waals surface area contributed by atoms with Gasteiger partial charge < -0.3 is 9.73 Å². The summed E-state index contributed by atoms with van der Waals surface area (Å²) in [5.41, 5.74) is 3.19. The van der Waals surface area contributed by atoms with Crippen molar-refractivity contribution in [2.45, 2.75) is 0 Å². The fourth-order valence-corrected chi connectivity index (χ4v) is 2.98. The summed E-state index contributed by atoms with van der Waals surface area (Å²) in [6.45, 7) is 0. The molecule has 3 aromatic carbocycles. The predicted molar refractivity (Wildman–Crippen MR) is 125 cm³/mol. The largest absolute Gasteiger partial charge is 0.423 e. The van der Waals surface area contributed by atoms with E-state index in [1.54, 1.807) is 18.2 Å². The van der Waals surface area contributed by atoms with Gasteiger partial charge in [-0.3, -0.25) is 0 Å². The van der Waals surface area contributed by atoms with E-state index in [0.29, 0.717) is 16.6 Å². The summed E-state index contributed by atoms with van der Waals surface area (Å²) in [7, 11) is 0. The third kappa shape index (κ3) is 5.99. The van der Waals surface area contributed by atoms with Gasteiger partial charge in [0.2, 0.25) is 0 Å². The van der Waals surface area contributed by atoms with Crippen LogP contribution in [0.2, 0.25) is 5.02 Å². The number of oxazole rings is 1. The van der Waals surface area contributed by atoms with Gasteiger partial charge in [0.25, 0.3) is 6.01 Å². The van der Waals surface area contributed by atoms with E-state index in [1.165, 1.54) is 0 Å². The molecular formula is C20H12Br2ClN3OS. The van der Waals surface area contributed by atoms with Crippen molar-refractivity contribution in [3.8, 4) is 0 Å². The van der Waals surface area contributed by atoms with Crippen molar-refractivity contribution >= 4 is 89.3 Å². The quantitative estimate of drug-likeness (QED) is 0.212. The Kier molecular flexibility index (Phi) is 7.36. The van der Waals surface area contributed by atoms with Crippen LogP contribution in [0.1, 0.15) is 0 Å². The van der Waals surface area contributed by atoms with E-state index in [2.05, 4.69) is 64.5 Å². The zero-order valence-corrected chi connectivity index (χ0v) is 18.9. The molecule has 1 heterocycles. The van der Waals surface area contributed by atoms with Crippen LogP contribution in [-0.2, 0) is 0 Å². The van der Waals surface area contributed by atoms with E-state index in [9.17, 15) is 0 Å². The molecule has 4 aromatic rings. The minimum atomic E-state index is 0.453. The van der Waals surface area contributed by atoms with Crippen LogP contribution in [0.15, 0.2) is 85.1 Å². The van der Waals surface area contributed by atoms with Gasteiger partial charge in [-0.2, -0.15) is 9.98 Å². The molecule has 0 atom stereocenters. The van der Waals surface area contributed by atoms with Crippen LogP contribution < -0.4 is 5.32 Å². The van der Waals surface area contributed by atoms with Gasteiger partial charge in [-0.15, -0.1) is 0 Å². The fourth-order valence-electron chi connectivity index (χ4n) is 2.18. The lowest BCUT2D eigenvalue weighted by Gasteiger charge is -2.00. The highest BCUT2D eigenvalue weighted by Crippen LogP contribution is 2.25. The van der Waals surface area contributed by atoms with Crippen molar-refractivity contribution in [2.75, 3.05) is 5.32 Å². The summed E-state index contributed by atoms with van der Waals surface area (Å²) in [6.07, 6.45) is 0. The standard InChI is InChI=1S/C13H8BrClN2O.C7H4BrNS/c14-8-1-4-10(5-2-8)16-13-17-11-7-9(15)3-6-12(11)18-13;8-6-1-3-7(4-2-6)9-5-10/h1-7H,(H,16,17);1-4H. The number of hydrogen-bond acceptors (Lipinski definition) is 5. The summed E-state index contributed by atoms with van der Waals surface area (Å²) >= 11 is 17.0. The second kappa shape index (κ2) is 9.96. The van der Waals surface area contributed by atoms with Gasteiger partial charge >= 0.3 is 0 Å². The monoisotopic (exact) mass is 535 g/mol. The second-order valence-corrected chi connectivity index (χ2v) is 7.89. The van der Waals surface area contributed by atoms with Crippen LogP contribution in [0.3, 0.4) is 0 Å². The van der Waals surface area contributed by atoms with E-state index in [4.69, 9.17) is 16.0 Å². The number of nitrogens with one attached hydrogen (secondary N) is 1. The van der Waals surface area contributed by atoms with Gasteiger partial charge in [0.05, 0.1) is 10.8 Å². The molecule has 0 aliphatic heterocycles. The minimum absolute atomic E-state index is 0.453. The average molecular weight is 538 g/mol. The van der Waals surface area contributed by atoms with Crippen molar-refractivity contribution in [3.05, 3.63) is 80.7 Å². The van der Waals surface area contributed by atoms with Crippen LogP contribution >= 0.6 is 55.7 Å². The van der Waals surface area contributed by atoms with Gasteiger partial charge in [0.15, 0.2) is 5.58 Å². The number of anilines is 2. The number of hydrogen-bond donors (Lipinski definition) is 1. The summed E-state index contributed by atoms with van der Waals surface area (Å²) in [5.74, 6) is 0. The SMILES string of the molecule is Clc1ccc2oc(Nc3ccc(Br)cc3)nc2c1.S=C=Nc1ccc(Br)cc1. The molecule has 0 unspecified atom stereocenters.